The van der Waals surface area contributed by atoms with E-state index in [2.05, 4.69) is 242 Å². The van der Waals surface area contributed by atoms with Crippen LogP contribution in [0, 0.1) is 0 Å². The summed E-state index contributed by atoms with van der Waals surface area (Å²) in [5.74, 6) is 0. The van der Waals surface area contributed by atoms with E-state index in [4.69, 9.17) is 0 Å². The van der Waals surface area contributed by atoms with E-state index >= 15 is 0 Å². The number of hydrogen-bond acceptors (Lipinski definition) is 1. The van der Waals surface area contributed by atoms with Crippen LogP contribution < -0.4 is 15.3 Å². The molecule has 0 aromatic heterocycles. The molecule has 2 aliphatic rings. The van der Waals surface area contributed by atoms with Crippen LogP contribution in [0.25, 0.3) is 44.5 Å². The van der Waals surface area contributed by atoms with Gasteiger partial charge in [0.15, 0.2) is 0 Å². The minimum absolute atomic E-state index is 0.442. The molecule has 1 aliphatic carbocycles. The van der Waals surface area contributed by atoms with E-state index in [1.807, 2.05) is 0 Å². The third-order valence-electron chi connectivity index (χ3n) is 13.0. The van der Waals surface area contributed by atoms with E-state index in [-0.39, 0.29) is 0 Å². The average Bonchev–Trinajstić information content (AvgIpc) is 3.73. The number of fused-ring (bicyclic) bond motifs is 6. The van der Waals surface area contributed by atoms with Gasteiger partial charge in [-0.25, -0.2) is 0 Å². The van der Waals surface area contributed by atoms with E-state index in [1.54, 1.807) is 0 Å². The molecule has 280 valence electrons. The molecule has 0 saturated heterocycles. The molecule has 0 atom stereocenters. The minimum Gasteiger partial charge on any atom is -0.311 e. The van der Waals surface area contributed by atoms with Gasteiger partial charge < -0.3 is 4.90 Å². The molecule has 9 aromatic carbocycles. The Balaban J connectivity index is 1.05. The van der Waals surface area contributed by atoms with Crippen molar-refractivity contribution in [1.82, 2.24) is 0 Å². The van der Waals surface area contributed by atoms with Crippen molar-refractivity contribution in [2.24, 2.45) is 0 Å². The Kier molecular flexibility index (Phi) is 8.25. The first-order valence-corrected chi connectivity index (χ1v) is 23.7. The molecule has 0 unspecified atom stereocenters. The molecule has 0 spiro atoms. The van der Waals surface area contributed by atoms with Crippen molar-refractivity contribution in [3.63, 3.8) is 0 Å². The molecular formula is C57H43NSi. The minimum atomic E-state index is -1.92. The highest BCUT2D eigenvalue weighted by Crippen LogP contribution is 2.56. The maximum atomic E-state index is 2.50. The predicted octanol–water partition coefficient (Wildman–Crippen LogP) is 13.7. The summed E-state index contributed by atoms with van der Waals surface area (Å²) < 4.78 is 0. The molecule has 0 saturated carbocycles. The quantitative estimate of drug-likeness (QED) is 0.146. The number of nitrogens with zero attached hydrogens (tertiary/aromatic N) is 1. The van der Waals surface area contributed by atoms with Crippen LogP contribution in [0.5, 0.6) is 0 Å². The van der Waals surface area contributed by atoms with Gasteiger partial charge in [-0.15, -0.1) is 0 Å². The summed E-state index contributed by atoms with van der Waals surface area (Å²) in [5, 5.41) is 3.02. The Hall–Kier alpha value is -7.00. The van der Waals surface area contributed by atoms with Crippen molar-refractivity contribution < 1.29 is 0 Å². The Bertz CT molecular complexity index is 2960. The van der Waals surface area contributed by atoms with Crippen molar-refractivity contribution in [3.05, 3.63) is 247 Å². The van der Waals surface area contributed by atoms with Gasteiger partial charge in [0.05, 0.1) is 5.41 Å². The summed E-state index contributed by atoms with van der Waals surface area (Å²) in [6, 6.07) is 83.3. The summed E-state index contributed by atoms with van der Waals surface area (Å²) in [6.45, 7) is 5.00. The Labute approximate surface area is 348 Å². The zero-order valence-electron chi connectivity index (χ0n) is 33.3. The molecule has 0 bridgehead atoms. The maximum absolute atomic E-state index is 2.50. The summed E-state index contributed by atoms with van der Waals surface area (Å²) in [6.07, 6.45) is 0. The van der Waals surface area contributed by atoms with Crippen molar-refractivity contribution in [2.45, 2.75) is 18.5 Å². The molecule has 59 heavy (non-hydrogen) atoms. The topological polar surface area (TPSA) is 3.24 Å². The number of benzene rings is 9. The smallest absolute Gasteiger partial charge is 0.113 e. The lowest BCUT2D eigenvalue weighted by molar-refractivity contribution is 0.768. The first-order valence-electron chi connectivity index (χ1n) is 20.7. The van der Waals surface area contributed by atoms with Crippen LogP contribution >= 0.6 is 0 Å². The lowest BCUT2D eigenvalue weighted by Crippen LogP contribution is -2.49. The monoisotopic (exact) mass is 769 g/mol. The van der Waals surface area contributed by atoms with Gasteiger partial charge in [0.25, 0.3) is 0 Å². The summed E-state index contributed by atoms with van der Waals surface area (Å²) in [4.78, 5) is 2.45. The molecule has 9 aromatic rings. The van der Waals surface area contributed by atoms with Crippen LogP contribution in [0.3, 0.4) is 0 Å². The number of anilines is 3. The SMILES string of the molecule is C[Si]1(C)c2ccccc2-c2ccc(N(c3ccc(-c4cccc(-c5ccccc5)c4)cc3)c3ccc(C4(c5ccccc5)c5ccccc5-c5ccccc54)cc3)cc21. The Morgan fingerprint density at radius 3 is 1.42 bits per heavy atom. The molecule has 0 radical (unpaired) electrons. The zero-order valence-corrected chi connectivity index (χ0v) is 34.3. The summed E-state index contributed by atoms with van der Waals surface area (Å²) in [5.41, 5.74) is 18.4. The highest BCUT2D eigenvalue weighted by molar-refractivity contribution is 7.03. The maximum Gasteiger partial charge on any atom is 0.113 e. The molecule has 0 amide bonds. The summed E-state index contributed by atoms with van der Waals surface area (Å²) >= 11 is 0. The third-order valence-corrected chi connectivity index (χ3v) is 16.5. The van der Waals surface area contributed by atoms with Crippen LogP contribution in [-0.4, -0.2) is 8.07 Å². The zero-order chi connectivity index (χ0) is 39.6. The third kappa shape index (κ3) is 5.51. The molecule has 1 aliphatic heterocycles. The van der Waals surface area contributed by atoms with Crippen molar-refractivity contribution in [2.75, 3.05) is 4.90 Å². The standard InChI is InChI=1S/C57H43NSi/c1-59(2)55-27-14-11-24-51(55)52-37-36-48(39-56(52)59)58(46-32-28-41(29-33-46)43-19-15-18-42(38-43)40-16-5-3-6-17-40)47-34-30-45(31-35-47)57(44-20-7-4-8-21-44)53-25-12-9-22-49(53)50-23-10-13-26-54(50)57/h3-39H,1-2H3. The molecule has 2 heteroatoms. The highest BCUT2D eigenvalue weighted by Gasteiger charge is 2.46. The second-order valence-corrected chi connectivity index (χ2v) is 20.8. The van der Waals surface area contributed by atoms with E-state index in [0.29, 0.717) is 0 Å². The van der Waals surface area contributed by atoms with Gasteiger partial charge in [-0.3, -0.25) is 0 Å². The molecule has 1 heterocycles. The van der Waals surface area contributed by atoms with Crippen LogP contribution in [0.1, 0.15) is 22.3 Å². The average molecular weight is 770 g/mol. The van der Waals surface area contributed by atoms with Gasteiger partial charge in [-0.2, -0.15) is 0 Å². The molecule has 11 rings (SSSR count). The number of rotatable bonds is 7. The van der Waals surface area contributed by atoms with Crippen LogP contribution in [0.4, 0.5) is 17.1 Å². The Morgan fingerprint density at radius 1 is 0.322 bits per heavy atom. The van der Waals surface area contributed by atoms with Gasteiger partial charge in [-0.1, -0.05) is 195 Å². The first-order chi connectivity index (χ1) is 29.0. The fraction of sp³-hybridized carbons (Fsp3) is 0.0526. The summed E-state index contributed by atoms with van der Waals surface area (Å²) in [7, 11) is -1.92. The largest absolute Gasteiger partial charge is 0.311 e. The predicted molar refractivity (Wildman–Crippen MR) is 251 cm³/mol. The second kappa shape index (κ2) is 13.8. The lowest BCUT2D eigenvalue weighted by Gasteiger charge is -2.34. The van der Waals surface area contributed by atoms with Gasteiger partial charge in [-0.05, 0) is 120 Å². The van der Waals surface area contributed by atoms with E-state index in [0.717, 1.165) is 11.4 Å². The molecule has 0 fully saturated rings. The van der Waals surface area contributed by atoms with E-state index in [9.17, 15) is 0 Å². The van der Waals surface area contributed by atoms with Crippen LogP contribution in [0.15, 0.2) is 224 Å². The van der Waals surface area contributed by atoms with Gasteiger partial charge in [0, 0.05) is 17.1 Å². The lowest BCUT2D eigenvalue weighted by atomic mass is 9.68. The van der Waals surface area contributed by atoms with Crippen molar-refractivity contribution >= 4 is 35.5 Å². The number of hydrogen-bond donors (Lipinski definition) is 0. The van der Waals surface area contributed by atoms with Crippen LogP contribution in [-0.2, 0) is 5.41 Å². The normalized spacial score (nSPS) is 13.9. The van der Waals surface area contributed by atoms with Gasteiger partial charge >= 0.3 is 0 Å². The first kappa shape index (κ1) is 35.2. The van der Waals surface area contributed by atoms with Gasteiger partial charge in [0.1, 0.15) is 8.07 Å². The second-order valence-electron chi connectivity index (χ2n) is 16.5. The van der Waals surface area contributed by atoms with Crippen molar-refractivity contribution in [1.29, 1.82) is 0 Å². The van der Waals surface area contributed by atoms with Gasteiger partial charge in [0.2, 0.25) is 0 Å². The van der Waals surface area contributed by atoms with Crippen molar-refractivity contribution in [3.8, 4) is 44.5 Å². The van der Waals surface area contributed by atoms with E-state index in [1.165, 1.54) is 82.8 Å². The molecule has 1 nitrogen and oxygen atoms in total. The highest BCUT2D eigenvalue weighted by atomic mass is 28.3. The molecular weight excluding hydrogens is 727 g/mol. The Morgan fingerprint density at radius 2 is 0.780 bits per heavy atom. The van der Waals surface area contributed by atoms with E-state index < -0.39 is 13.5 Å². The molecule has 0 N–H and O–H groups in total. The van der Waals surface area contributed by atoms with Crippen LogP contribution in [0.2, 0.25) is 13.1 Å². The fourth-order valence-electron chi connectivity index (χ4n) is 10.2. The fourth-order valence-corrected chi connectivity index (χ4v) is 13.3.